The minimum atomic E-state index is -4.62. The molecule has 0 bridgehead atoms. The molecule has 0 spiro atoms. The van der Waals surface area contributed by atoms with Crippen molar-refractivity contribution in [2.45, 2.75) is 75.4 Å². The fraction of sp³-hybridized carbons (Fsp3) is 0.375. The van der Waals surface area contributed by atoms with Crippen molar-refractivity contribution in [2.75, 3.05) is 6.26 Å². The molecule has 4 rings (SSSR count). The lowest BCUT2D eigenvalue weighted by atomic mass is 9.89. The molecule has 1 aliphatic rings. The first kappa shape index (κ1) is 34.0. The SMILES string of the molecule is CSc1ncc(-c2cc(C(F)(F)F)ccc2CCC(=O)/C(C(=O)NCc2cccc(F)c2F)=C(\O)C2(C)CCC(C)(C)N2)cn1. The molecule has 240 valence electrons. The lowest BCUT2D eigenvalue weighted by molar-refractivity contribution is -0.137. The van der Waals surface area contributed by atoms with Crippen molar-refractivity contribution in [3.05, 3.63) is 88.4 Å². The van der Waals surface area contributed by atoms with E-state index in [1.807, 2.05) is 13.8 Å². The number of aromatic nitrogens is 2. The summed E-state index contributed by atoms with van der Waals surface area (Å²) in [6, 6.07) is 6.58. The molecule has 0 saturated carbocycles. The van der Waals surface area contributed by atoms with Gasteiger partial charge in [-0.3, -0.25) is 14.9 Å². The number of aryl methyl sites for hydroxylation is 1. The van der Waals surface area contributed by atoms with Crippen LogP contribution in [-0.4, -0.2) is 44.1 Å². The molecule has 1 fully saturated rings. The number of nitrogens with one attached hydrogen (secondary N) is 2. The number of Topliss-reactive ketones (excluding diaryl/α,β-unsaturated/α-hetero) is 1. The van der Waals surface area contributed by atoms with Gasteiger partial charge >= 0.3 is 6.18 Å². The first-order chi connectivity index (χ1) is 21.0. The number of rotatable bonds is 10. The van der Waals surface area contributed by atoms with Crippen molar-refractivity contribution < 1.29 is 36.6 Å². The number of ketones is 1. The number of hydrogen-bond acceptors (Lipinski definition) is 7. The number of carbonyl (C=O) groups excluding carboxylic acids is 2. The lowest BCUT2D eigenvalue weighted by Crippen LogP contribution is -2.48. The van der Waals surface area contributed by atoms with E-state index in [0.717, 1.165) is 18.2 Å². The van der Waals surface area contributed by atoms with Crippen LogP contribution in [0.5, 0.6) is 0 Å². The van der Waals surface area contributed by atoms with Gasteiger partial charge in [-0.15, -0.1) is 0 Å². The molecule has 13 heteroatoms. The molecule has 0 radical (unpaired) electrons. The number of halogens is 5. The summed E-state index contributed by atoms with van der Waals surface area (Å²) in [6.45, 7) is 5.00. The highest BCUT2D eigenvalue weighted by atomic mass is 32.2. The van der Waals surface area contributed by atoms with Crippen LogP contribution in [0.2, 0.25) is 0 Å². The monoisotopic (exact) mass is 648 g/mol. The third-order valence-corrected chi connectivity index (χ3v) is 8.36. The Labute approximate surface area is 261 Å². The van der Waals surface area contributed by atoms with Crippen LogP contribution >= 0.6 is 11.8 Å². The van der Waals surface area contributed by atoms with E-state index in [9.17, 15) is 36.6 Å². The molecule has 3 aromatic rings. The highest BCUT2D eigenvalue weighted by Gasteiger charge is 2.44. The summed E-state index contributed by atoms with van der Waals surface area (Å²) in [4.78, 5) is 35.4. The number of carbonyl (C=O) groups is 2. The van der Waals surface area contributed by atoms with Crippen molar-refractivity contribution >= 4 is 23.5 Å². The summed E-state index contributed by atoms with van der Waals surface area (Å²) < 4.78 is 68.8. The van der Waals surface area contributed by atoms with Crippen molar-refractivity contribution in [3.63, 3.8) is 0 Å². The van der Waals surface area contributed by atoms with Crippen LogP contribution in [0.3, 0.4) is 0 Å². The Bertz CT molecular complexity index is 1630. The minimum Gasteiger partial charge on any atom is -0.509 e. The third-order valence-electron chi connectivity index (χ3n) is 7.78. The molecule has 1 saturated heterocycles. The van der Waals surface area contributed by atoms with E-state index in [-0.39, 0.29) is 24.0 Å². The molecule has 1 aliphatic heterocycles. The van der Waals surface area contributed by atoms with Gasteiger partial charge in [0, 0.05) is 42.0 Å². The average molecular weight is 649 g/mol. The van der Waals surface area contributed by atoms with E-state index >= 15 is 0 Å². The second-order valence-corrected chi connectivity index (χ2v) is 12.5. The summed E-state index contributed by atoms with van der Waals surface area (Å²) >= 11 is 1.26. The fourth-order valence-corrected chi connectivity index (χ4v) is 5.69. The van der Waals surface area contributed by atoms with E-state index < -0.39 is 64.0 Å². The van der Waals surface area contributed by atoms with Crippen LogP contribution in [-0.2, 0) is 28.7 Å². The minimum absolute atomic E-state index is 0.0885. The maximum absolute atomic E-state index is 14.2. The Morgan fingerprint density at radius 2 is 1.73 bits per heavy atom. The number of amides is 1. The predicted molar refractivity (Wildman–Crippen MR) is 160 cm³/mol. The Morgan fingerprint density at radius 3 is 2.33 bits per heavy atom. The number of benzene rings is 2. The van der Waals surface area contributed by atoms with Crippen LogP contribution in [0.25, 0.3) is 11.1 Å². The number of alkyl halides is 3. The Morgan fingerprint density at radius 1 is 1.04 bits per heavy atom. The Balaban J connectivity index is 1.67. The standard InChI is InChI=1S/C32H33F5N4O3S/c1-30(2)12-13-31(3,41-30)27(43)25(28(44)38-15-19-6-5-7-23(33)26(19)34)24(42)11-9-18-8-10-21(32(35,36)37)14-22(18)20-16-39-29(45-4)40-17-20/h5-8,10,14,16-17,41,43H,9,11-13,15H2,1-4H3,(H,38,44)/b27-25+. The first-order valence-electron chi connectivity index (χ1n) is 14.1. The zero-order valence-electron chi connectivity index (χ0n) is 25.1. The summed E-state index contributed by atoms with van der Waals surface area (Å²) in [5.74, 6) is -4.56. The zero-order chi connectivity index (χ0) is 33.2. The average Bonchev–Trinajstić information content (AvgIpc) is 3.29. The van der Waals surface area contributed by atoms with E-state index in [0.29, 0.717) is 29.1 Å². The number of aliphatic hydroxyl groups is 1. The lowest BCUT2D eigenvalue weighted by Gasteiger charge is -2.29. The smallest absolute Gasteiger partial charge is 0.416 e. The summed E-state index contributed by atoms with van der Waals surface area (Å²) in [6.07, 6.45) is 0.485. The van der Waals surface area contributed by atoms with E-state index in [1.54, 1.807) is 13.2 Å². The molecule has 1 aromatic heterocycles. The largest absolute Gasteiger partial charge is 0.509 e. The quantitative estimate of drug-likeness (QED) is 0.0427. The number of thioether (sulfide) groups is 1. The van der Waals surface area contributed by atoms with Gasteiger partial charge in [-0.2, -0.15) is 13.2 Å². The number of aliphatic hydroxyl groups excluding tert-OH is 1. The van der Waals surface area contributed by atoms with Gasteiger partial charge in [0.2, 0.25) is 0 Å². The maximum atomic E-state index is 14.2. The highest BCUT2D eigenvalue weighted by molar-refractivity contribution is 7.98. The van der Waals surface area contributed by atoms with Crippen LogP contribution in [0.4, 0.5) is 22.0 Å². The summed E-state index contributed by atoms with van der Waals surface area (Å²) in [5.41, 5.74) is -2.36. The molecular weight excluding hydrogens is 615 g/mol. The normalized spacial score (nSPS) is 18.4. The second kappa shape index (κ2) is 13.3. The third kappa shape index (κ3) is 7.88. The molecular formula is C32H33F5N4O3S. The molecule has 7 nitrogen and oxygen atoms in total. The van der Waals surface area contributed by atoms with E-state index in [2.05, 4.69) is 20.6 Å². The van der Waals surface area contributed by atoms with Gasteiger partial charge in [-0.25, -0.2) is 18.7 Å². The topological polar surface area (TPSA) is 104 Å². The van der Waals surface area contributed by atoms with Crippen molar-refractivity contribution in [1.82, 2.24) is 20.6 Å². The fourth-order valence-electron chi connectivity index (χ4n) is 5.38. The summed E-state index contributed by atoms with van der Waals surface area (Å²) in [5, 5.41) is 17.5. The van der Waals surface area contributed by atoms with Crippen LogP contribution < -0.4 is 10.6 Å². The van der Waals surface area contributed by atoms with Gasteiger partial charge < -0.3 is 10.4 Å². The molecule has 1 unspecified atom stereocenters. The van der Waals surface area contributed by atoms with E-state index in [1.165, 1.54) is 42.4 Å². The van der Waals surface area contributed by atoms with Crippen LogP contribution in [0.1, 0.15) is 56.7 Å². The molecule has 45 heavy (non-hydrogen) atoms. The van der Waals surface area contributed by atoms with Gasteiger partial charge in [-0.1, -0.05) is 30.0 Å². The second-order valence-electron chi connectivity index (χ2n) is 11.7. The first-order valence-corrected chi connectivity index (χ1v) is 15.3. The van der Waals surface area contributed by atoms with Crippen LogP contribution in [0, 0.1) is 11.6 Å². The van der Waals surface area contributed by atoms with Gasteiger partial charge in [-0.05, 0) is 75.6 Å². The van der Waals surface area contributed by atoms with Crippen molar-refractivity contribution in [1.29, 1.82) is 0 Å². The van der Waals surface area contributed by atoms with Crippen LogP contribution in [0.15, 0.2) is 65.3 Å². The van der Waals surface area contributed by atoms with Gasteiger partial charge in [0.05, 0.1) is 11.1 Å². The Hall–Kier alpha value is -3.84. The molecule has 0 aliphatic carbocycles. The molecule has 1 amide bonds. The van der Waals surface area contributed by atoms with Gasteiger partial charge in [0.15, 0.2) is 22.6 Å². The van der Waals surface area contributed by atoms with E-state index in [4.69, 9.17) is 0 Å². The predicted octanol–water partition coefficient (Wildman–Crippen LogP) is 6.71. The molecule has 2 aromatic carbocycles. The molecule has 3 N–H and O–H groups in total. The summed E-state index contributed by atoms with van der Waals surface area (Å²) in [7, 11) is 0. The number of hydrogen-bond donors (Lipinski definition) is 3. The van der Waals surface area contributed by atoms with Gasteiger partial charge in [0.1, 0.15) is 11.3 Å². The van der Waals surface area contributed by atoms with Crippen molar-refractivity contribution in [3.8, 4) is 11.1 Å². The zero-order valence-corrected chi connectivity index (χ0v) is 25.9. The molecule has 2 heterocycles. The maximum Gasteiger partial charge on any atom is 0.416 e. The van der Waals surface area contributed by atoms with Gasteiger partial charge in [0.25, 0.3) is 5.91 Å². The molecule has 1 atom stereocenters. The van der Waals surface area contributed by atoms with Crippen molar-refractivity contribution in [2.24, 2.45) is 0 Å². The Kier molecular flexibility index (Phi) is 10.0. The highest BCUT2D eigenvalue weighted by Crippen LogP contribution is 2.37. The number of nitrogens with zero attached hydrogens (tertiary/aromatic N) is 2.